The molecule has 0 aliphatic carbocycles. The van der Waals surface area contributed by atoms with E-state index < -0.39 is 15.7 Å². The zero-order chi connectivity index (χ0) is 31.3. The molecule has 0 unspecified atom stereocenters. The standard InChI is InChI=1S/C32H38FN5O4S2/c1-5-6-29-37-30(22-17-21(2)18-25(19-22)41-3)31(43-29)27-9-12-34-32(36-27)35-23-7-8-28(26(33)20-23)42-24-10-13-38(14-11-24)15-16-44(4,39)40/h7-9,12,17-20,24H,5-6,10-11,13-16H2,1-4H3,(H,34,35,36). The third-order valence-corrected chi connectivity index (χ3v) is 9.44. The molecule has 2 aromatic carbocycles. The van der Waals surface area contributed by atoms with Crippen molar-refractivity contribution in [3.05, 3.63) is 65.0 Å². The maximum atomic E-state index is 15.1. The third-order valence-electron chi connectivity index (χ3n) is 7.38. The number of nitrogens with zero attached hydrogens (tertiary/aromatic N) is 4. The second kappa shape index (κ2) is 14.0. The van der Waals surface area contributed by atoms with Gasteiger partial charge in [-0.1, -0.05) is 6.92 Å². The Labute approximate surface area is 262 Å². The first-order valence-corrected chi connectivity index (χ1v) is 17.6. The van der Waals surface area contributed by atoms with Gasteiger partial charge in [0.15, 0.2) is 11.6 Å². The predicted molar refractivity (Wildman–Crippen MR) is 173 cm³/mol. The van der Waals surface area contributed by atoms with Crippen molar-refractivity contribution in [2.24, 2.45) is 0 Å². The van der Waals surface area contributed by atoms with E-state index in [0.29, 0.717) is 44.1 Å². The molecule has 0 spiro atoms. The monoisotopic (exact) mass is 639 g/mol. The number of hydrogen-bond acceptors (Lipinski definition) is 10. The fourth-order valence-corrected chi connectivity index (χ4v) is 6.88. The van der Waals surface area contributed by atoms with Crippen molar-refractivity contribution in [3.8, 4) is 33.3 Å². The summed E-state index contributed by atoms with van der Waals surface area (Å²) in [5, 5.41) is 4.16. The van der Waals surface area contributed by atoms with Gasteiger partial charge in [0.1, 0.15) is 21.7 Å². The van der Waals surface area contributed by atoms with Gasteiger partial charge in [-0.25, -0.2) is 27.8 Å². The molecule has 2 aromatic heterocycles. The molecule has 4 aromatic rings. The van der Waals surface area contributed by atoms with Crippen molar-refractivity contribution in [2.45, 2.75) is 45.6 Å². The van der Waals surface area contributed by atoms with Gasteiger partial charge >= 0.3 is 0 Å². The lowest BCUT2D eigenvalue weighted by molar-refractivity contribution is 0.100. The number of hydrogen-bond donors (Lipinski definition) is 1. The lowest BCUT2D eigenvalue weighted by Gasteiger charge is -2.32. The summed E-state index contributed by atoms with van der Waals surface area (Å²) < 4.78 is 49.5. The molecule has 0 bridgehead atoms. The molecule has 0 atom stereocenters. The Balaban J connectivity index is 1.29. The van der Waals surface area contributed by atoms with Crippen LogP contribution in [0.3, 0.4) is 0 Å². The van der Waals surface area contributed by atoms with E-state index in [4.69, 9.17) is 19.4 Å². The van der Waals surface area contributed by atoms with Crippen molar-refractivity contribution in [1.29, 1.82) is 0 Å². The number of nitrogens with one attached hydrogen (secondary N) is 1. The number of methoxy groups -OCH3 is 1. The Hall–Kier alpha value is -3.61. The van der Waals surface area contributed by atoms with E-state index in [1.807, 2.05) is 25.1 Å². The second-order valence-corrected chi connectivity index (χ2v) is 14.4. The van der Waals surface area contributed by atoms with Crippen LogP contribution in [0.25, 0.3) is 21.8 Å². The molecule has 1 aliphatic rings. The number of sulfone groups is 1. The molecule has 234 valence electrons. The lowest BCUT2D eigenvalue weighted by atomic mass is 10.1. The van der Waals surface area contributed by atoms with Gasteiger partial charge in [-0.15, -0.1) is 11.3 Å². The number of likely N-dealkylation sites (tertiary alicyclic amines) is 1. The van der Waals surface area contributed by atoms with Crippen LogP contribution in [-0.2, 0) is 16.3 Å². The second-order valence-electron chi connectivity index (χ2n) is 11.1. The van der Waals surface area contributed by atoms with Crippen LogP contribution in [0.2, 0.25) is 0 Å². The molecule has 1 aliphatic heterocycles. The summed E-state index contributed by atoms with van der Waals surface area (Å²) in [6, 6.07) is 12.6. The summed E-state index contributed by atoms with van der Waals surface area (Å²) in [6.07, 6.45) is 6.07. The maximum absolute atomic E-state index is 15.1. The van der Waals surface area contributed by atoms with Crippen molar-refractivity contribution in [2.75, 3.05) is 44.1 Å². The van der Waals surface area contributed by atoms with E-state index in [1.54, 1.807) is 36.8 Å². The van der Waals surface area contributed by atoms with Crippen LogP contribution < -0.4 is 14.8 Å². The molecule has 9 nitrogen and oxygen atoms in total. The SMILES string of the molecule is CCCc1nc(-c2cc(C)cc(OC)c2)c(-c2ccnc(Nc3ccc(OC4CCN(CCS(C)(=O)=O)CC4)c(F)c3)n2)s1. The van der Waals surface area contributed by atoms with E-state index in [1.165, 1.54) is 12.3 Å². The molecule has 0 amide bonds. The number of thiazole rings is 1. The van der Waals surface area contributed by atoms with Gasteiger partial charge in [-0.3, -0.25) is 0 Å². The van der Waals surface area contributed by atoms with E-state index in [2.05, 4.69) is 28.2 Å². The summed E-state index contributed by atoms with van der Waals surface area (Å²) in [5.41, 5.74) is 4.10. The van der Waals surface area contributed by atoms with Gasteiger partial charge in [0.2, 0.25) is 5.95 Å². The van der Waals surface area contributed by atoms with Gasteiger partial charge in [-0.05, 0) is 74.6 Å². The van der Waals surface area contributed by atoms with Gasteiger partial charge in [0.05, 0.1) is 34.1 Å². The molecule has 0 radical (unpaired) electrons. The third kappa shape index (κ3) is 8.30. The van der Waals surface area contributed by atoms with Crippen LogP contribution in [0.4, 0.5) is 16.0 Å². The highest BCUT2D eigenvalue weighted by Gasteiger charge is 2.23. The highest BCUT2D eigenvalue weighted by molar-refractivity contribution is 7.90. The smallest absolute Gasteiger partial charge is 0.227 e. The fraction of sp³-hybridized carbons (Fsp3) is 0.406. The van der Waals surface area contributed by atoms with Crippen LogP contribution in [-0.4, -0.2) is 73.1 Å². The molecule has 3 heterocycles. The largest absolute Gasteiger partial charge is 0.497 e. The summed E-state index contributed by atoms with van der Waals surface area (Å²) in [6.45, 7) is 6.10. The molecule has 1 fully saturated rings. The van der Waals surface area contributed by atoms with E-state index in [9.17, 15) is 8.42 Å². The topological polar surface area (TPSA) is 107 Å². The normalized spacial score (nSPS) is 14.5. The summed E-state index contributed by atoms with van der Waals surface area (Å²) in [7, 11) is -1.34. The van der Waals surface area contributed by atoms with E-state index >= 15 is 4.39 Å². The maximum Gasteiger partial charge on any atom is 0.227 e. The Kier molecular flexibility index (Phi) is 10.1. The van der Waals surface area contributed by atoms with Crippen molar-refractivity contribution in [3.63, 3.8) is 0 Å². The molecule has 44 heavy (non-hydrogen) atoms. The minimum Gasteiger partial charge on any atom is -0.497 e. The quantitative estimate of drug-likeness (QED) is 0.191. The van der Waals surface area contributed by atoms with Crippen molar-refractivity contribution >= 4 is 32.8 Å². The number of benzene rings is 2. The Bertz CT molecular complexity index is 1700. The fourth-order valence-electron chi connectivity index (χ4n) is 5.13. The Morgan fingerprint density at radius 2 is 1.91 bits per heavy atom. The number of anilines is 2. The molecule has 5 rings (SSSR count). The first-order valence-electron chi connectivity index (χ1n) is 14.7. The highest BCUT2D eigenvalue weighted by atomic mass is 32.2. The number of piperidine rings is 1. The summed E-state index contributed by atoms with van der Waals surface area (Å²) in [5.74, 6) is 0.960. The number of rotatable bonds is 12. The molecule has 1 N–H and O–H groups in total. The van der Waals surface area contributed by atoms with Crippen LogP contribution >= 0.6 is 11.3 Å². The highest BCUT2D eigenvalue weighted by Crippen LogP contribution is 2.38. The molecule has 0 saturated carbocycles. The minimum absolute atomic E-state index is 0.127. The first kappa shape index (κ1) is 31.8. The van der Waals surface area contributed by atoms with Crippen molar-refractivity contribution in [1.82, 2.24) is 19.9 Å². The van der Waals surface area contributed by atoms with E-state index in [0.717, 1.165) is 51.0 Å². The first-order chi connectivity index (χ1) is 21.1. The number of ether oxygens (including phenoxy) is 2. The number of aryl methyl sites for hydroxylation is 2. The molecular weight excluding hydrogens is 602 g/mol. The van der Waals surface area contributed by atoms with Gasteiger partial charge in [-0.2, -0.15) is 0 Å². The zero-order valence-electron chi connectivity index (χ0n) is 25.5. The molecular formula is C32H38FN5O4S2. The summed E-state index contributed by atoms with van der Waals surface area (Å²) >= 11 is 1.61. The Morgan fingerprint density at radius 1 is 1.11 bits per heavy atom. The molecule has 12 heteroatoms. The average molecular weight is 640 g/mol. The van der Waals surface area contributed by atoms with E-state index in [-0.39, 0.29) is 17.6 Å². The lowest BCUT2D eigenvalue weighted by Crippen LogP contribution is -2.40. The zero-order valence-corrected chi connectivity index (χ0v) is 27.1. The number of aromatic nitrogens is 3. The predicted octanol–water partition coefficient (Wildman–Crippen LogP) is 6.31. The summed E-state index contributed by atoms with van der Waals surface area (Å²) in [4.78, 5) is 17.1. The van der Waals surface area contributed by atoms with Crippen molar-refractivity contribution < 1.29 is 22.3 Å². The number of halogens is 1. The van der Waals surface area contributed by atoms with Crippen LogP contribution in [0.1, 0.15) is 36.8 Å². The van der Waals surface area contributed by atoms with Crippen LogP contribution in [0.15, 0.2) is 48.7 Å². The van der Waals surface area contributed by atoms with Gasteiger partial charge in [0.25, 0.3) is 0 Å². The van der Waals surface area contributed by atoms with Crippen LogP contribution in [0.5, 0.6) is 11.5 Å². The molecule has 1 saturated heterocycles. The average Bonchev–Trinajstić information content (AvgIpc) is 3.42. The van der Waals surface area contributed by atoms with Gasteiger partial charge < -0.3 is 19.7 Å². The Morgan fingerprint density at radius 3 is 2.61 bits per heavy atom. The van der Waals surface area contributed by atoms with Gasteiger partial charge in [0, 0.05) is 49.4 Å². The van der Waals surface area contributed by atoms with Crippen LogP contribution in [0, 0.1) is 12.7 Å². The minimum atomic E-state index is -3.00.